The minimum atomic E-state index is -0.626. The van der Waals surface area contributed by atoms with Crippen molar-refractivity contribution in [2.24, 2.45) is 0 Å². The topological polar surface area (TPSA) is 78.7 Å². The zero-order chi connectivity index (χ0) is 13.7. The fourth-order valence-corrected chi connectivity index (χ4v) is 1.70. The molecule has 0 aliphatic carbocycles. The van der Waals surface area contributed by atoms with Crippen molar-refractivity contribution >= 4 is 23.3 Å². The van der Waals surface area contributed by atoms with Crippen LogP contribution in [0.2, 0.25) is 5.02 Å². The second-order valence-corrected chi connectivity index (χ2v) is 3.72. The number of carbonyl (C=O) groups is 1. The standard InChI is InChI=1S/C11H12ClNO5/c1-3-18-10(14)6-7-8(12)4-5-9(17-2)11(7)13(15)16/h4-5H,3,6H2,1-2H3. The summed E-state index contributed by atoms with van der Waals surface area (Å²) in [5.74, 6) is -0.514. The number of carbonyl (C=O) groups excluding carboxylic acids is 1. The average Bonchev–Trinajstić information content (AvgIpc) is 2.31. The third-order valence-corrected chi connectivity index (χ3v) is 2.57. The van der Waals surface area contributed by atoms with E-state index in [-0.39, 0.29) is 35.1 Å². The summed E-state index contributed by atoms with van der Waals surface area (Å²) in [6.45, 7) is 1.85. The van der Waals surface area contributed by atoms with Crippen LogP contribution in [0.15, 0.2) is 12.1 Å². The fourth-order valence-electron chi connectivity index (χ4n) is 1.48. The molecule has 0 saturated carbocycles. The summed E-state index contributed by atoms with van der Waals surface area (Å²) < 4.78 is 9.64. The molecule has 1 aromatic carbocycles. The third-order valence-electron chi connectivity index (χ3n) is 2.22. The van der Waals surface area contributed by atoms with Crippen LogP contribution in [0, 0.1) is 10.1 Å². The Labute approximate surface area is 109 Å². The average molecular weight is 274 g/mol. The van der Waals surface area contributed by atoms with Gasteiger partial charge in [0.05, 0.1) is 35.6 Å². The van der Waals surface area contributed by atoms with E-state index in [1.165, 1.54) is 19.2 Å². The molecule has 0 aliphatic heterocycles. The SMILES string of the molecule is CCOC(=O)Cc1c(Cl)ccc(OC)c1[N+](=O)[O-]. The van der Waals surface area contributed by atoms with Gasteiger partial charge in [-0.1, -0.05) is 11.6 Å². The van der Waals surface area contributed by atoms with Gasteiger partial charge in [0.15, 0.2) is 5.75 Å². The molecule has 98 valence electrons. The highest BCUT2D eigenvalue weighted by Gasteiger charge is 2.25. The maximum Gasteiger partial charge on any atom is 0.316 e. The lowest BCUT2D eigenvalue weighted by Gasteiger charge is -2.08. The number of ether oxygens (including phenoxy) is 2. The molecular formula is C11H12ClNO5. The molecule has 6 nitrogen and oxygen atoms in total. The predicted molar refractivity (Wildman–Crippen MR) is 65.0 cm³/mol. The second-order valence-electron chi connectivity index (χ2n) is 3.32. The summed E-state index contributed by atoms with van der Waals surface area (Å²) in [5.41, 5.74) is -0.211. The number of nitrogens with zero attached hydrogens (tertiary/aromatic N) is 1. The number of hydrogen-bond donors (Lipinski definition) is 0. The number of rotatable bonds is 5. The van der Waals surface area contributed by atoms with Crippen molar-refractivity contribution in [3.8, 4) is 5.75 Å². The monoisotopic (exact) mass is 273 g/mol. The van der Waals surface area contributed by atoms with E-state index in [1.54, 1.807) is 6.92 Å². The van der Waals surface area contributed by atoms with E-state index in [9.17, 15) is 14.9 Å². The summed E-state index contributed by atoms with van der Waals surface area (Å²) in [6, 6.07) is 2.83. The van der Waals surface area contributed by atoms with E-state index in [1.807, 2.05) is 0 Å². The largest absolute Gasteiger partial charge is 0.490 e. The maximum absolute atomic E-state index is 11.4. The number of nitro groups is 1. The van der Waals surface area contributed by atoms with Crippen LogP contribution in [0.3, 0.4) is 0 Å². The van der Waals surface area contributed by atoms with Crippen LogP contribution in [0.5, 0.6) is 5.75 Å². The van der Waals surface area contributed by atoms with Crippen LogP contribution in [0.25, 0.3) is 0 Å². The van der Waals surface area contributed by atoms with Gasteiger partial charge in [0.2, 0.25) is 0 Å². The highest BCUT2D eigenvalue weighted by atomic mass is 35.5. The molecule has 0 amide bonds. The quantitative estimate of drug-likeness (QED) is 0.467. The summed E-state index contributed by atoms with van der Waals surface area (Å²) >= 11 is 5.88. The zero-order valence-electron chi connectivity index (χ0n) is 9.94. The van der Waals surface area contributed by atoms with Gasteiger partial charge in [-0.25, -0.2) is 0 Å². The second kappa shape index (κ2) is 6.20. The van der Waals surface area contributed by atoms with Crippen molar-refractivity contribution in [2.75, 3.05) is 13.7 Å². The third kappa shape index (κ3) is 3.10. The Morgan fingerprint density at radius 1 is 1.50 bits per heavy atom. The lowest BCUT2D eigenvalue weighted by molar-refractivity contribution is -0.386. The first kappa shape index (κ1) is 14.2. The number of esters is 1. The lowest BCUT2D eigenvalue weighted by atomic mass is 10.1. The van der Waals surface area contributed by atoms with Crippen LogP contribution < -0.4 is 4.74 Å². The number of benzene rings is 1. The van der Waals surface area contributed by atoms with Crippen molar-refractivity contribution in [3.63, 3.8) is 0 Å². The summed E-state index contributed by atoms with van der Waals surface area (Å²) in [6.07, 6.45) is -0.264. The van der Waals surface area contributed by atoms with Crippen LogP contribution in [-0.2, 0) is 16.0 Å². The Hall–Kier alpha value is -1.82. The molecule has 0 spiro atoms. The first-order chi connectivity index (χ1) is 8.51. The van der Waals surface area contributed by atoms with Gasteiger partial charge in [0.1, 0.15) is 0 Å². The van der Waals surface area contributed by atoms with Gasteiger partial charge < -0.3 is 9.47 Å². The molecule has 0 aliphatic rings. The Balaban J connectivity index is 3.22. The molecule has 7 heteroatoms. The molecule has 18 heavy (non-hydrogen) atoms. The van der Waals surface area contributed by atoms with Crippen molar-refractivity contribution in [1.82, 2.24) is 0 Å². The Kier molecular flexibility index (Phi) is 4.91. The molecule has 0 N–H and O–H groups in total. The van der Waals surface area contributed by atoms with Gasteiger partial charge >= 0.3 is 11.7 Å². The van der Waals surface area contributed by atoms with E-state index >= 15 is 0 Å². The van der Waals surface area contributed by atoms with E-state index in [4.69, 9.17) is 21.1 Å². The van der Waals surface area contributed by atoms with E-state index < -0.39 is 10.9 Å². The molecule has 1 aromatic rings. The number of methoxy groups -OCH3 is 1. The minimum absolute atomic E-state index is 0.0590. The van der Waals surface area contributed by atoms with E-state index in [2.05, 4.69) is 0 Å². The lowest BCUT2D eigenvalue weighted by Crippen LogP contribution is -2.10. The smallest absolute Gasteiger partial charge is 0.316 e. The normalized spacial score (nSPS) is 9.94. The molecule has 0 saturated heterocycles. The number of halogens is 1. The molecule has 0 radical (unpaired) electrons. The predicted octanol–water partition coefficient (Wildman–Crippen LogP) is 2.36. The summed E-state index contributed by atoms with van der Waals surface area (Å²) in [4.78, 5) is 21.8. The molecular weight excluding hydrogens is 262 g/mol. The highest BCUT2D eigenvalue weighted by molar-refractivity contribution is 6.32. The molecule has 0 fully saturated rings. The molecule has 0 bridgehead atoms. The van der Waals surface area contributed by atoms with E-state index in [0.29, 0.717) is 0 Å². The Morgan fingerprint density at radius 3 is 2.67 bits per heavy atom. The fraction of sp³-hybridized carbons (Fsp3) is 0.364. The van der Waals surface area contributed by atoms with Gasteiger partial charge in [-0.05, 0) is 19.1 Å². The first-order valence-corrected chi connectivity index (χ1v) is 5.54. The van der Waals surface area contributed by atoms with Crippen molar-refractivity contribution in [3.05, 3.63) is 32.8 Å². The van der Waals surface area contributed by atoms with E-state index in [0.717, 1.165) is 0 Å². The maximum atomic E-state index is 11.4. The molecule has 1 rings (SSSR count). The summed E-state index contributed by atoms with van der Waals surface area (Å²) in [7, 11) is 1.31. The number of hydrogen-bond acceptors (Lipinski definition) is 5. The van der Waals surface area contributed by atoms with Crippen molar-refractivity contribution < 1.29 is 19.2 Å². The van der Waals surface area contributed by atoms with Gasteiger partial charge in [0.25, 0.3) is 0 Å². The summed E-state index contributed by atoms with van der Waals surface area (Å²) in [5, 5.41) is 11.1. The first-order valence-electron chi connectivity index (χ1n) is 5.16. The van der Waals surface area contributed by atoms with Crippen LogP contribution in [0.4, 0.5) is 5.69 Å². The van der Waals surface area contributed by atoms with Crippen molar-refractivity contribution in [1.29, 1.82) is 0 Å². The number of nitro benzene ring substituents is 1. The van der Waals surface area contributed by atoms with Crippen LogP contribution in [0.1, 0.15) is 12.5 Å². The Bertz CT molecular complexity index is 475. The highest BCUT2D eigenvalue weighted by Crippen LogP contribution is 2.35. The Morgan fingerprint density at radius 2 is 2.17 bits per heavy atom. The zero-order valence-corrected chi connectivity index (χ0v) is 10.7. The molecule has 0 heterocycles. The molecule has 0 unspecified atom stereocenters. The molecule has 0 atom stereocenters. The molecule has 0 aromatic heterocycles. The van der Waals surface area contributed by atoms with Gasteiger partial charge in [-0.15, -0.1) is 0 Å². The van der Waals surface area contributed by atoms with Crippen LogP contribution >= 0.6 is 11.6 Å². The van der Waals surface area contributed by atoms with Gasteiger partial charge in [-0.3, -0.25) is 14.9 Å². The van der Waals surface area contributed by atoms with Crippen LogP contribution in [-0.4, -0.2) is 24.6 Å². The van der Waals surface area contributed by atoms with Crippen molar-refractivity contribution in [2.45, 2.75) is 13.3 Å². The van der Waals surface area contributed by atoms with Gasteiger partial charge in [0, 0.05) is 0 Å². The van der Waals surface area contributed by atoms with Gasteiger partial charge in [-0.2, -0.15) is 0 Å². The minimum Gasteiger partial charge on any atom is -0.490 e.